The first kappa shape index (κ1) is 12.1. The first-order valence-electron chi connectivity index (χ1n) is 4.36. The maximum atomic E-state index is 8.07. The predicted molar refractivity (Wildman–Crippen MR) is 66.8 cm³/mol. The molecule has 0 N–H and O–H groups in total. The van der Waals surface area contributed by atoms with Crippen LogP contribution in [0.3, 0.4) is 0 Å². The van der Waals surface area contributed by atoms with Crippen LogP contribution in [0.5, 0.6) is 0 Å². The van der Waals surface area contributed by atoms with Gasteiger partial charge in [0.2, 0.25) is 0 Å². The van der Waals surface area contributed by atoms with Crippen LogP contribution in [-0.4, -0.2) is 6.54 Å². The Labute approximate surface area is 102 Å². The highest BCUT2D eigenvalue weighted by Crippen LogP contribution is 2.22. The fourth-order valence-electron chi connectivity index (χ4n) is 1.03. The van der Waals surface area contributed by atoms with Crippen molar-refractivity contribution in [3.8, 4) is 0 Å². The van der Waals surface area contributed by atoms with Gasteiger partial charge in [-0.1, -0.05) is 44.8 Å². The Morgan fingerprint density at radius 1 is 1.53 bits per heavy atom. The lowest BCUT2D eigenvalue weighted by molar-refractivity contribution is 0.995. The lowest BCUT2D eigenvalue weighted by atomic mass is 10.2. The molecule has 0 saturated carbocycles. The monoisotopic (exact) mass is 285 g/mol. The second-order valence-corrected chi connectivity index (χ2v) is 4.10. The summed E-state index contributed by atoms with van der Waals surface area (Å²) in [6, 6.07) is 5.59. The zero-order valence-electron chi connectivity index (χ0n) is 7.90. The summed E-state index contributed by atoms with van der Waals surface area (Å²) in [5, 5.41) is 4.14. The van der Waals surface area contributed by atoms with Crippen molar-refractivity contribution < 1.29 is 0 Å². The molecular weight excluding hydrogens is 277 g/mol. The zero-order chi connectivity index (χ0) is 11.1. The summed E-state index contributed by atoms with van der Waals surface area (Å²) in [7, 11) is 0. The Kier molecular flexibility index (Phi) is 5.26. The predicted octanol–water partition coefficient (Wildman–Crippen LogP) is 4.82. The van der Waals surface area contributed by atoms with Gasteiger partial charge >= 0.3 is 0 Å². The van der Waals surface area contributed by atoms with Gasteiger partial charge < -0.3 is 0 Å². The van der Waals surface area contributed by atoms with Crippen LogP contribution in [0.15, 0.2) is 33.9 Å². The van der Waals surface area contributed by atoms with Gasteiger partial charge in [-0.15, -0.1) is 0 Å². The van der Waals surface area contributed by atoms with Crippen LogP contribution in [-0.2, 0) is 0 Å². The van der Waals surface area contributed by atoms with Crippen molar-refractivity contribution >= 4 is 33.6 Å². The molecule has 0 aliphatic rings. The molecule has 0 radical (unpaired) electrons. The second-order valence-electron chi connectivity index (χ2n) is 2.81. The maximum Gasteiger partial charge on any atom is 0.0412 e. The topological polar surface area (TPSA) is 48.8 Å². The molecule has 1 aromatic carbocycles. The van der Waals surface area contributed by atoms with E-state index in [0.29, 0.717) is 11.6 Å². The number of azide groups is 1. The van der Waals surface area contributed by atoms with Crippen molar-refractivity contribution in [2.75, 3.05) is 6.54 Å². The molecule has 0 spiro atoms. The molecule has 1 aromatic rings. The van der Waals surface area contributed by atoms with Crippen molar-refractivity contribution in [2.24, 2.45) is 5.11 Å². The molecule has 3 nitrogen and oxygen atoms in total. The SMILES string of the molecule is [N-]=[N+]=NCCC=Cc1cc(Cl)ccc1Br. The van der Waals surface area contributed by atoms with E-state index >= 15 is 0 Å². The summed E-state index contributed by atoms with van der Waals surface area (Å²) in [5.41, 5.74) is 9.09. The summed E-state index contributed by atoms with van der Waals surface area (Å²) in [4.78, 5) is 2.67. The normalized spacial score (nSPS) is 10.3. The highest BCUT2D eigenvalue weighted by Gasteiger charge is 1.95. The minimum absolute atomic E-state index is 0.477. The Bertz CT molecular complexity index is 411. The third-order valence-electron chi connectivity index (χ3n) is 1.71. The summed E-state index contributed by atoms with van der Waals surface area (Å²) in [6.45, 7) is 0.477. The van der Waals surface area contributed by atoms with E-state index in [1.54, 1.807) is 0 Å². The van der Waals surface area contributed by atoms with Crippen LogP contribution in [0.25, 0.3) is 16.5 Å². The van der Waals surface area contributed by atoms with Gasteiger partial charge in [0, 0.05) is 21.0 Å². The molecule has 0 unspecified atom stereocenters. The van der Waals surface area contributed by atoms with Crippen molar-refractivity contribution in [3.63, 3.8) is 0 Å². The molecule has 15 heavy (non-hydrogen) atoms. The largest absolute Gasteiger partial charge is 0.0937 e. The highest BCUT2D eigenvalue weighted by molar-refractivity contribution is 9.10. The average molecular weight is 287 g/mol. The van der Waals surface area contributed by atoms with Crippen molar-refractivity contribution in [3.05, 3.63) is 49.8 Å². The van der Waals surface area contributed by atoms with E-state index in [4.69, 9.17) is 17.1 Å². The van der Waals surface area contributed by atoms with Crippen LogP contribution in [0.1, 0.15) is 12.0 Å². The molecule has 0 saturated heterocycles. The minimum Gasteiger partial charge on any atom is -0.0937 e. The molecule has 0 aliphatic carbocycles. The second kappa shape index (κ2) is 6.51. The van der Waals surface area contributed by atoms with E-state index in [0.717, 1.165) is 16.5 Å². The van der Waals surface area contributed by atoms with E-state index in [9.17, 15) is 0 Å². The minimum atomic E-state index is 0.477. The van der Waals surface area contributed by atoms with Crippen molar-refractivity contribution in [2.45, 2.75) is 6.42 Å². The molecule has 5 heteroatoms. The zero-order valence-corrected chi connectivity index (χ0v) is 10.2. The average Bonchev–Trinajstić information content (AvgIpc) is 2.23. The van der Waals surface area contributed by atoms with Crippen LogP contribution in [0.2, 0.25) is 5.02 Å². The molecule has 78 valence electrons. The lowest BCUT2D eigenvalue weighted by Crippen LogP contribution is -1.77. The van der Waals surface area contributed by atoms with E-state index in [1.807, 2.05) is 30.4 Å². The number of hydrogen-bond acceptors (Lipinski definition) is 1. The maximum absolute atomic E-state index is 8.07. The molecule has 0 amide bonds. The standard InChI is InChI=1S/C10H9BrClN3/c11-10-5-4-9(12)7-8(10)3-1-2-6-14-15-13/h1,3-5,7H,2,6H2. The molecule has 0 fully saturated rings. The Morgan fingerprint density at radius 2 is 2.33 bits per heavy atom. The number of hydrogen-bond donors (Lipinski definition) is 0. The van der Waals surface area contributed by atoms with Crippen molar-refractivity contribution in [1.82, 2.24) is 0 Å². The van der Waals surface area contributed by atoms with Gasteiger partial charge in [0.05, 0.1) is 0 Å². The van der Waals surface area contributed by atoms with E-state index in [-0.39, 0.29) is 0 Å². The van der Waals surface area contributed by atoms with Gasteiger partial charge in [-0.3, -0.25) is 0 Å². The van der Waals surface area contributed by atoms with Gasteiger partial charge in [0.15, 0.2) is 0 Å². The van der Waals surface area contributed by atoms with Gasteiger partial charge in [-0.25, -0.2) is 0 Å². The van der Waals surface area contributed by atoms with Crippen LogP contribution in [0, 0.1) is 0 Å². The van der Waals surface area contributed by atoms with E-state index in [2.05, 4.69) is 26.0 Å². The lowest BCUT2D eigenvalue weighted by Gasteiger charge is -1.98. The van der Waals surface area contributed by atoms with Gasteiger partial charge in [-0.05, 0) is 35.7 Å². The summed E-state index contributed by atoms with van der Waals surface area (Å²) >= 11 is 9.28. The first-order chi connectivity index (χ1) is 7.24. The number of nitrogens with zero attached hydrogens (tertiary/aromatic N) is 3. The summed E-state index contributed by atoms with van der Waals surface area (Å²) in [5.74, 6) is 0. The van der Waals surface area contributed by atoms with Gasteiger partial charge in [-0.2, -0.15) is 0 Å². The number of benzene rings is 1. The third kappa shape index (κ3) is 4.38. The quantitative estimate of drug-likeness (QED) is 0.330. The van der Waals surface area contributed by atoms with Crippen LogP contribution >= 0.6 is 27.5 Å². The summed E-state index contributed by atoms with van der Waals surface area (Å²) < 4.78 is 0.993. The molecule has 0 aromatic heterocycles. The fraction of sp³-hybridized carbons (Fsp3) is 0.200. The molecular formula is C10H9BrClN3. The number of halogens is 2. The van der Waals surface area contributed by atoms with Gasteiger partial charge in [0.25, 0.3) is 0 Å². The Hall–Kier alpha value is -0.960. The van der Waals surface area contributed by atoms with E-state index in [1.165, 1.54) is 0 Å². The highest BCUT2D eigenvalue weighted by atomic mass is 79.9. The van der Waals surface area contributed by atoms with Crippen LogP contribution in [0.4, 0.5) is 0 Å². The summed E-state index contributed by atoms with van der Waals surface area (Å²) in [6.07, 6.45) is 4.62. The number of rotatable bonds is 4. The first-order valence-corrected chi connectivity index (χ1v) is 5.53. The fourth-order valence-corrected chi connectivity index (χ4v) is 1.59. The molecule has 0 aliphatic heterocycles. The van der Waals surface area contributed by atoms with Gasteiger partial charge in [0.1, 0.15) is 0 Å². The van der Waals surface area contributed by atoms with Crippen LogP contribution < -0.4 is 0 Å². The molecule has 0 atom stereocenters. The van der Waals surface area contributed by atoms with E-state index < -0.39 is 0 Å². The molecule has 0 bridgehead atoms. The smallest absolute Gasteiger partial charge is 0.0412 e. The Morgan fingerprint density at radius 3 is 3.07 bits per heavy atom. The Balaban J connectivity index is 2.63. The molecule has 0 heterocycles. The third-order valence-corrected chi connectivity index (χ3v) is 2.67. The van der Waals surface area contributed by atoms with Crippen molar-refractivity contribution in [1.29, 1.82) is 0 Å². The molecule has 1 rings (SSSR count).